The lowest BCUT2D eigenvalue weighted by atomic mass is 10.0. The first-order valence-electron chi connectivity index (χ1n) is 7.65. The number of hydrogen-bond donors (Lipinski definition) is 3. The summed E-state index contributed by atoms with van der Waals surface area (Å²) in [6, 6.07) is 6.16. The minimum absolute atomic E-state index is 0.0912. The van der Waals surface area contributed by atoms with Crippen LogP contribution in [0.15, 0.2) is 36.7 Å². The van der Waals surface area contributed by atoms with Gasteiger partial charge in [0.25, 0.3) is 5.91 Å². The van der Waals surface area contributed by atoms with E-state index in [1.54, 1.807) is 24.5 Å². The van der Waals surface area contributed by atoms with Crippen LogP contribution in [0.25, 0.3) is 11.1 Å². The van der Waals surface area contributed by atoms with Gasteiger partial charge in [-0.3, -0.25) is 4.79 Å². The molecule has 1 aromatic carbocycles. The molecule has 0 bridgehead atoms. The van der Waals surface area contributed by atoms with E-state index >= 15 is 0 Å². The number of H-pyrrole nitrogens is 1. The number of rotatable bonds is 5. The molecule has 1 aromatic heterocycles. The molecule has 1 fully saturated rings. The van der Waals surface area contributed by atoms with Crippen LogP contribution in [0.2, 0.25) is 0 Å². The van der Waals surface area contributed by atoms with Gasteiger partial charge in [-0.1, -0.05) is 12.1 Å². The number of benzene rings is 1. The molecule has 3 rings (SSSR count). The Hall–Kier alpha value is -2.14. The van der Waals surface area contributed by atoms with Gasteiger partial charge < -0.3 is 15.6 Å². The molecular weight excluding hydrogens is 281 g/mol. The van der Waals surface area contributed by atoms with E-state index in [4.69, 9.17) is 0 Å². The van der Waals surface area contributed by atoms with Crippen molar-refractivity contribution in [2.24, 2.45) is 5.92 Å². The SMILES string of the molecule is O=C(NCCC1CCNC1)c1c[nH]cc1-c1ccc(F)cc1. The molecule has 2 heterocycles. The summed E-state index contributed by atoms with van der Waals surface area (Å²) in [5.74, 6) is 0.282. The second-order valence-electron chi connectivity index (χ2n) is 5.69. The number of carbonyl (C=O) groups excluding carboxylic acids is 1. The highest BCUT2D eigenvalue weighted by atomic mass is 19.1. The first-order chi connectivity index (χ1) is 10.7. The Bertz CT molecular complexity index is 630. The number of amides is 1. The smallest absolute Gasteiger partial charge is 0.253 e. The Kier molecular flexibility index (Phi) is 4.53. The van der Waals surface area contributed by atoms with E-state index in [0.717, 1.165) is 30.6 Å². The first kappa shape index (κ1) is 14.8. The molecule has 116 valence electrons. The van der Waals surface area contributed by atoms with Crippen molar-refractivity contribution in [1.82, 2.24) is 15.6 Å². The van der Waals surface area contributed by atoms with Crippen molar-refractivity contribution in [3.05, 3.63) is 48.0 Å². The van der Waals surface area contributed by atoms with Crippen LogP contribution in [0.5, 0.6) is 0 Å². The molecule has 2 aromatic rings. The van der Waals surface area contributed by atoms with E-state index in [1.165, 1.54) is 18.6 Å². The zero-order valence-corrected chi connectivity index (χ0v) is 12.4. The highest BCUT2D eigenvalue weighted by Gasteiger charge is 2.16. The highest BCUT2D eigenvalue weighted by molar-refractivity contribution is 6.00. The molecule has 1 unspecified atom stereocenters. The fraction of sp³-hybridized carbons (Fsp3) is 0.353. The van der Waals surface area contributed by atoms with Crippen molar-refractivity contribution in [3.8, 4) is 11.1 Å². The van der Waals surface area contributed by atoms with Gasteiger partial charge in [-0.05, 0) is 49.5 Å². The van der Waals surface area contributed by atoms with Crippen LogP contribution in [0.3, 0.4) is 0 Å². The van der Waals surface area contributed by atoms with Crippen LogP contribution >= 0.6 is 0 Å². The zero-order chi connectivity index (χ0) is 15.4. The lowest BCUT2D eigenvalue weighted by Crippen LogP contribution is -2.26. The third kappa shape index (κ3) is 3.36. The van der Waals surface area contributed by atoms with E-state index in [0.29, 0.717) is 18.0 Å². The lowest BCUT2D eigenvalue weighted by Gasteiger charge is -2.10. The molecule has 1 aliphatic heterocycles. The summed E-state index contributed by atoms with van der Waals surface area (Å²) in [5, 5.41) is 6.30. The average molecular weight is 301 g/mol. The molecule has 0 saturated carbocycles. The van der Waals surface area contributed by atoms with E-state index in [1.807, 2.05) is 0 Å². The maximum absolute atomic E-state index is 13.0. The maximum atomic E-state index is 13.0. The Morgan fingerprint density at radius 1 is 1.27 bits per heavy atom. The Morgan fingerprint density at radius 3 is 2.82 bits per heavy atom. The minimum Gasteiger partial charge on any atom is -0.366 e. The molecule has 3 N–H and O–H groups in total. The fourth-order valence-corrected chi connectivity index (χ4v) is 2.87. The topological polar surface area (TPSA) is 56.9 Å². The lowest BCUT2D eigenvalue weighted by molar-refractivity contribution is 0.0952. The standard InChI is InChI=1S/C17H20FN3O/c18-14-3-1-13(2-4-14)15-10-20-11-16(15)17(22)21-8-6-12-5-7-19-9-12/h1-4,10-12,19-20H,5-9H2,(H,21,22). The first-order valence-corrected chi connectivity index (χ1v) is 7.65. The normalized spacial score (nSPS) is 17.6. The van der Waals surface area contributed by atoms with E-state index in [9.17, 15) is 9.18 Å². The van der Waals surface area contributed by atoms with Gasteiger partial charge in [0, 0.05) is 24.5 Å². The van der Waals surface area contributed by atoms with Crippen LogP contribution in [-0.4, -0.2) is 30.5 Å². The number of carbonyl (C=O) groups is 1. The van der Waals surface area contributed by atoms with Crippen molar-refractivity contribution in [2.75, 3.05) is 19.6 Å². The molecule has 1 atom stereocenters. The molecule has 1 aliphatic rings. The zero-order valence-electron chi connectivity index (χ0n) is 12.4. The van der Waals surface area contributed by atoms with Gasteiger partial charge in [-0.25, -0.2) is 4.39 Å². The molecule has 4 nitrogen and oxygen atoms in total. The van der Waals surface area contributed by atoms with Crippen LogP contribution in [0.1, 0.15) is 23.2 Å². The monoisotopic (exact) mass is 301 g/mol. The van der Waals surface area contributed by atoms with Gasteiger partial charge in [0.15, 0.2) is 0 Å². The van der Waals surface area contributed by atoms with Crippen molar-refractivity contribution >= 4 is 5.91 Å². The van der Waals surface area contributed by atoms with E-state index in [2.05, 4.69) is 15.6 Å². The number of halogens is 1. The second kappa shape index (κ2) is 6.75. The van der Waals surface area contributed by atoms with Gasteiger partial charge in [0.1, 0.15) is 5.82 Å². The summed E-state index contributed by atoms with van der Waals surface area (Å²) in [6.07, 6.45) is 5.63. The number of aromatic amines is 1. The molecule has 0 radical (unpaired) electrons. The minimum atomic E-state index is -0.282. The summed E-state index contributed by atoms with van der Waals surface area (Å²) in [7, 11) is 0. The van der Waals surface area contributed by atoms with Crippen molar-refractivity contribution in [1.29, 1.82) is 0 Å². The van der Waals surface area contributed by atoms with Crippen LogP contribution < -0.4 is 10.6 Å². The van der Waals surface area contributed by atoms with Crippen LogP contribution in [0.4, 0.5) is 4.39 Å². The highest BCUT2D eigenvalue weighted by Crippen LogP contribution is 2.23. The molecule has 22 heavy (non-hydrogen) atoms. The summed E-state index contributed by atoms with van der Waals surface area (Å²) >= 11 is 0. The van der Waals surface area contributed by atoms with Gasteiger partial charge in [-0.2, -0.15) is 0 Å². The van der Waals surface area contributed by atoms with Crippen LogP contribution in [-0.2, 0) is 0 Å². The largest absolute Gasteiger partial charge is 0.366 e. The van der Waals surface area contributed by atoms with Crippen molar-refractivity contribution in [3.63, 3.8) is 0 Å². The summed E-state index contributed by atoms with van der Waals surface area (Å²) in [4.78, 5) is 15.3. The van der Waals surface area contributed by atoms with Gasteiger partial charge in [-0.15, -0.1) is 0 Å². The predicted octanol–water partition coefficient (Wildman–Crippen LogP) is 2.55. The van der Waals surface area contributed by atoms with Gasteiger partial charge in [0.05, 0.1) is 5.56 Å². The maximum Gasteiger partial charge on any atom is 0.253 e. The molecule has 0 spiro atoms. The third-order valence-corrected chi connectivity index (χ3v) is 4.15. The van der Waals surface area contributed by atoms with Crippen LogP contribution in [0, 0.1) is 11.7 Å². The third-order valence-electron chi connectivity index (χ3n) is 4.15. The molecule has 5 heteroatoms. The Labute approximate surface area is 129 Å². The number of nitrogens with one attached hydrogen (secondary N) is 3. The Balaban J connectivity index is 1.63. The van der Waals surface area contributed by atoms with E-state index in [-0.39, 0.29) is 11.7 Å². The number of aromatic nitrogens is 1. The van der Waals surface area contributed by atoms with Gasteiger partial charge >= 0.3 is 0 Å². The quantitative estimate of drug-likeness (QED) is 0.795. The number of hydrogen-bond acceptors (Lipinski definition) is 2. The van der Waals surface area contributed by atoms with Crippen molar-refractivity contribution < 1.29 is 9.18 Å². The predicted molar refractivity (Wildman–Crippen MR) is 84.1 cm³/mol. The molecule has 1 amide bonds. The average Bonchev–Trinajstić information content (AvgIpc) is 3.19. The summed E-state index contributed by atoms with van der Waals surface area (Å²) in [6.45, 7) is 2.80. The molecule has 0 aliphatic carbocycles. The summed E-state index contributed by atoms with van der Waals surface area (Å²) in [5.41, 5.74) is 2.21. The second-order valence-corrected chi connectivity index (χ2v) is 5.69. The van der Waals surface area contributed by atoms with Crippen molar-refractivity contribution in [2.45, 2.75) is 12.8 Å². The summed E-state index contributed by atoms with van der Waals surface area (Å²) < 4.78 is 13.0. The van der Waals surface area contributed by atoms with E-state index < -0.39 is 0 Å². The fourth-order valence-electron chi connectivity index (χ4n) is 2.87. The van der Waals surface area contributed by atoms with Gasteiger partial charge in [0.2, 0.25) is 0 Å². The molecular formula is C17H20FN3O. The Morgan fingerprint density at radius 2 is 2.09 bits per heavy atom. The molecule has 1 saturated heterocycles.